The molecule has 7 heteroatoms. The fraction of sp³-hybridized carbons (Fsp3) is 0.367. The van der Waals surface area contributed by atoms with E-state index in [4.69, 9.17) is 9.73 Å². The first kappa shape index (κ1) is 25.0. The van der Waals surface area contributed by atoms with Gasteiger partial charge in [0.1, 0.15) is 12.4 Å². The molecule has 192 valence electrons. The number of rotatable bonds is 7. The Kier molecular flexibility index (Phi) is 7.24. The average Bonchev–Trinajstić information content (AvgIpc) is 3.51. The molecule has 7 nitrogen and oxygen atoms in total. The number of aryl methyl sites for hydroxylation is 1. The molecule has 2 aliphatic heterocycles. The van der Waals surface area contributed by atoms with Crippen molar-refractivity contribution in [3.05, 3.63) is 94.7 Å². The van der Waals surface area contributed by atoms with Crippen LogP contribution in [-0.2, 0) is 4.74 Å². The Bertz CT molecular complexity index is 1320. The number of ether oxygens (including phenoxy) is 1. The van der Waals surface area contributed by atoms with Crippen LogP contribution in [-0.4, -0.2) is 47.6 Å². The van der Waals surface area contributed by atoms with Gasteiger partial charge in [0.2, 0.25) is 0 Å². The number of fused-ring (bicyclic) bond motifs is 1. The third-order valence-electron chi connectivity index (χ3n) is 7.63. The maximum absolute atomic E-state index is 11.3. The van der Waals surface area contributed by atoms with Crippen LogP contribution in [0, 0.1) is 13.8 Å². The van der Waals surface area contributed by atoms with Crippen LogP contribution < -0.4 is 10.6 Å². The van der Waals surface area contributed by atoms with E-state index in [1.54, 1.807) is 10.8 Å². The standard InChI is InChI=1S/C30H35N5O2/c1-5-29(35-21(4)24(17-36)16-32-35)33-20(3)25-7-6-8-28-30(25)27(18-37-28)34-26-10-9-23(15-19(26)2)22-11-13-31-14-12-22/h5,8-10,15-17,22,27,31,34H,1,3,6-7,11-14,18H2,2,4H3. The van der Waals surface area contributed by atoms with Gasteiger partial charge in [0.05, 0.1) is 29.2 Å². The molecule has 1 aromatic heterocycles. The van der Waals surface area contributed by atoms with Gasteiger partial charge in [0.15, 0.2) is 12.1 Å². The molecule has 2 fully saturated rings. The number of piperidine rings is 1. The van der Waals surface area contributed by atoms with Gasteiger partial charge in [-0.3, -0.25) is 4.79 Å². The summed E-state index contributed by atoms with van der Waals surface area (Å²) in [5.41, 5.74) is 7.91. The van der Waals surface area contributed by atoms with Crippen LogP contribution >= 0.6 is 0 Å². The van der Waals surface area contributed by atoms with Gasteiger partial charge in [-0.15, -0.1) is 0 Å². The summed E-state index contributed by atoms with van der Waals surface area (Å²) in [6, 6.07) is 6.83. The zero-order valence-corrected chi connectivity index (χ0v) is 21.7. The predicted octanol–water partition coefficient (Wildman–Crippen LogP) is 5.21. The fourth-order valence-corrected chi connectivity index (χ4v) is 5.53. The summed E-state index contributed by atoms with van der Waals surface area (Å²) in [4.78, 5) is 16.1. The summed E-state index contributed by atoms with van der Waals surface area (Å²) in [6.07, 6.45) is 10.2. The second-order valence-corrected chi connectivity index (χ2v) is 9.94. The topological polar surface area (TPSA) is 80.5 Å². The van der Waals surface area contributed by atoms with Gasteiger partial charge in [0.25, 0.3) is 0 Å². The first-order chi connectivity index (χ1) is 18.0. The monoisotopic (exact) mass is 497 g/mol. The van der Waals surface area contributed by atoms with Gasteiger partial charge in [0, 0.05) is 11.3 Å². The molecule has 2 N–H and O–H groups in total. The lowest BCUT2D eigenvalue weighted by Gasteiger charge is -2.25. The number of nitrogens with one attached hydrogen (secondary N) is 2. The van der Waals surface area contributed by atoms with Gasteiger partial charge in [-0.1, -0.05) is 25.3 Å². The number of aldehydes is 1. The number of aromatic nitrogens is 2. The SMILES string of the molecule is C=CC(=NC(=C)C1=C2C(=CCC1)OCC2Nc1ccc(C2CCNCC2)cc1C)n1ncc(C=O)c1C. The Morgan fingerprint density at radius 3 is 2.81 bits per heavy atom. The third-order valence-corrected chi connectivity index (χ3v) is 7.63. The van der Waals surface area contributed by atoms with Crippen molar-refractivity contribution in [2.75, 3.05) is 25.0 Å². The largest absolute Gasteiger partial charge is 0.491 e. The minimum atomic E-state index is 0.0113. The first-order valence-electron chi connectivity index (χ1n) is 13.0. The molecule has 2 aromatic rings. The number of aliphatic imine (C=N–C) groups is 1. The van der Waals surface area contributed by atoms with Crippen molar-refractivity contribution in [3.63, 3.8) is 0 Å². The number of carbonyl (C=O) groups is 1. The molecule has 2 saturated heterocycles. The van der Waals surface area contributed by atoms with Crippen molar-refractivity contribution in [3.8, 4) is 0 Å². The minimum absolute atomic E-state index is 0.0113. The van der Waals surface area contributed by atoms with Crippen molar-refractivity contribution in [1.82, 2.24) is 15.1 Å². The van der Waals surface area contributed by atoms with Crippen molar-refractivity contribution in [2.45, 2.75) is 51.5 Å². The average molecular weight is 498 g/mol. The normalized spacial score (nSPS) is 20.2. The predicted molar refractivity (Wildman–Crippen MR) is 148 cm³/mol. The molecule has 0 saturated carbocycles. The zero-order chi connectivity index (χ0) is 25.9. The van der Waals surface area contributed by atoms with E-state index < -0.39 is 0 Å². The highest BCUT2D eigenvalue weighted by molar-refractivity contribution is 5.96. The van der Waals surface area contributed by atoms with Crippen molar-refractivity contribution < 1.29 is 9.53 Å². The molecule has 0 bridgehead atoms. The van der Waals surface area contributed by atoms with Gasteiger partial charge in [-0.25, -0.2) is 9.67 Å². The van der Waals surface area contributed by atoms with Gasteiger partial charge >= 0.3 is 0 Å². The lowest BCUT2D eigenvalue weighted by atomic mass is 9.88. The number of anilines is 1. The molecule has 37 heavy (non-hydrogen) atoms. The summed E-state index contributed by atoms with van der Waals surface area (Å²) >= 11 is 0. The molecule has 0 radical (unpaired) electrons. The van der Waals surface area contributed by atoms with Crippen LogP contribution in [0.3, 0.4) is 0 Å². The van der Waals surface area contributed by atoms with Crippen LogP contribution in [0.2, 0.25) is 0 Å². The summed E-state index contributed by atoms with van der Waals surface area (Å²) in [5, 5.41) is 11.5. The molecule has 1 unspecified atom stereocenters. The van der Waals surface area contributed by atoms with Crippen molar-refractivity contribution >= 4 is 17.8 Å². The van der Waals surface area contributed by atoms with E-state index in [-0.39, 0.29) is 6.04 Å². The quantitative estimate of drug-likeness (QED) is 0.312. The summed E-state index contributed by atoms with van der Waals surface area (Å²) in [6.45, 7) is 15.0. The summed E-state index contributed by atoms with van der Waals surface area (Å²) in [7, 11) is 0. The number of nitrogens with zero attached hydrogens (tertiary/aromatic N) is 3. The zero-order valence-electron chi connectivity index (χ0n) is 21.7. The maximum Gasteiger partial charge on any atom is 0.153 e. The van der Waals surface area contributed by atoms with Crippen LogP contribution in [0.15, 0.2) is 77.3 Å². The van der Waals surface area contributed by atoms with Crippen LogP contribution in [0.25, 0.3) is 0 Å². The third kappa shape index (κ3) is 4.96. The highest BCUT2D eigenvalue weighted by atomic mass is 16.5. The summed E-state index contributed by atoms with van der Waals surface area (Å²) in [5.74, 6) is 2.08. The smallest absolute Gasteiger partial charge is 0.153 e. The molecule has 3 aliphatic rings. The van der Waals surface area contributed by atoms with E-state index in [0.29, 0.717) is 29.6 Å². The molecule has 3 heterocycles. The number of hydrogen-bond acceptors (Lipinski definition) is 6. The Morgan fingerprint density at radius 1 is 1.30 bits per heavy atom. The lowest BCUT2D eigenvalue weighted by molar-refractivity contribution is 0.112. The molecule has 0 amide bonds. The minimum Gasteiger partial charge on any atom is -0.491 e. The lowest BCUT2D eigenvalue weighted by Crippen LogP contribution is -2.27. The number of carbonyl (C=O) groups excluding carboxylic acids is 1. The van der Waals surface area contributed by atoms with Crippen LogP contribution in [0.5, 0.6) is 0 Å². The highest BCUT2D eigenvalue weighted by Gasteiger charge is 2.33. The first-order valence-corrected chi connectivity index (χ1v) is 13.0. The van der Waals surface area contributed by atoms with Crippen molar-refractivity contribution in [1.29, 1.82) is 0 Å². The van der Waals surface area contributed by atoms with Gasteiger partial charge < -0.3 is 15.4 Å². The Morgan fingerprint density at radius 2 is 2.11 bits per heavy atom. The maximum atomic E-state index is 11.3. The molecule has 1 aliphatic carbocycles. The van der Waals surface area contributed by atoms with E-state index in [0.717, 1.165) is 60.5 Å². The number of benzene rings is 1. The second-order valence-electron chi connectivity index (χ2n) is 9.94. The second kappa shape index (κ2) is 10.7. The summed E-state index contributed by atoms with van der Waals surface area (Å²) < 4.78 is 7.73. The van der Waals surface area contributed by atoms with Crippen LogP contribution in [0.4, 0.5) is 5.69 Å². The van der Waals surface area contributed by atoms with E-state index in [9.17, 15) is 4.79 Å². The number of hydrogen-bond donors (Lipinski definition) is 2. The number of allylic oxidation sites excluding steroid dienone is 3. The molecule has 1 aromatic carbocycles. The fourth-order valence-electron chi connectivity index (χ4n) is 5.53. The molecular formula is C30H35N5O2. The Balaban J connectivity index is 1.41. The Hall–Kier alpha value is -3.71. The van der Waals surface area contributed by atoms with E-state index in [1.165, 1.54) is 30.2 Å². The molecule has 0 spiro atoms. The van der Waals surface area contributed by atoms with E-state index in [2.05, 4.69) is 60.1 Å². The van der Waals surface area contributed by atoms with E-state index in [1.807, 2.05) is 6.92 Å². The van der Waals surface area contributed by atoms with Crippen LogP contribution in [0.1, 0.15) is 58.8 Å². The Labute approximate surface area is 218 Å². The molecular weight excluding hydrogens is 462 g/mol. The van der Waals surface area contributed by atoms with Gasteiger partial charge in [-0.05, 0) is 93.5 Å². The highest BCUT2D eigenvalue weighted by Crippen LogP contribution is 2.39. The van der Waals surface area contributed by atoms with Gasteiger partial charge in [-0.2, -0.15) is 5.10 Å². The molecule has 1 atom stereocenters. The van der Waals surface area contributed by atoms with E-state index >= 15 is 0 Å². The van der Waals surface area contributed by atoms with Crippen molar-refractivity contribution in [2.24, 2.45) is 4.99 Å². The molecule has 5 rings (SSSR count).